The highest BCUT2D eigenvalue weighted by Crippen LogP contribution is 2.16. The van der Waals surface area contributed by atoms with Crippen molar-refractivity contribution in [1.82, 2.24) is 0 Å². The molecule has 0 aliphatic carbocycles. The third kappa shape index (κ3) is 5.07. The van der Waals surface area contributed by atoms with Gasteiger partial charge in [-0.1, -0.05) is 6.07 Å². The minimum atomic E-state index is -0.806. The van der Waals surface area contributed by atoms with Crippen LogP contribution in [0.3, 0.4) is 0 Å². The number of rotatable bonds is 5. The van der Waals surface area contributed by atoms with Gasteiger partial charge in [0.2, 0.25) is 0 Å². The highest BCUT2D eigenvalue weighted by molar-refractivity contribution is 6.05. The standard InChI is InChI=1S/C18H17NO6/c1-3-24-18(22)25-15-9-7-12(8-10-15)16(20)19-14-6-4-5-13(11-14)17(21)23-2/h4-11H,3H2,1-2H3,(H,19,20). The van der Waals surface area contributed by atoms with Crippen LogP contribution in [-0.4, -0.2) is 31.7 Å². The van der Waals surface area contributed by atoms with E-state index < -0.39 is 12.1 Å². The molecule has 0 heterocycles. The number of esters is 1. The van der Waals surface area contributed by atoms with Gasteiger partial charge in [0.1, 0.15) is 5.75 Å². The van der Waals surface area contributed by atoms with E-state index in [0.29, 0.717) is 16.8 Å². The van der Waals surface area contributed by atoms with Crippen molar-refractivity contribution >= 4 is 23.7 Å². The van der Waals surface area contributed by atoms with Crippen molar-refractivity contribution in [2.45, 2.75) is 6.92 Å². The molecule has 1 N–H and O–H groups in total. The first-order valence-corrected chi connectivity index (χ1v) is 7.48. The molecule has 7 nitrogen and oxygen atoms in total. The molecule has 0 radical (unpaired) electrons. The van der Waals surface area contributed by atoms with Crippen LogP contribution in [-0.2, 0) is 9.47 Å². The molecule has 0 saturated heterocycles. The number of benzene rings is 2. The highest BCUT2D eigenvalue weighted by atomic mass is 16.7. The summed E-state index contributed by atoms with van der Waals surface area (Å²) in [7, 11) is 1.29. The second kappa shape index (κ2) is 8.49. The lowest BCUT2D eigenvalue weighted by Crippen LogP contribution is -2.13. The number of hydrogen-bond donors (Lipinski definition) is 1. The molecule has 0 aliphatic rings. The van der Waals surface area contributed by atoms with Gasteiger partial charge in [-0.3, -0.25) is 4.79 Å². The Kier molecular flexibility index (Phi) is 6.11. The van der Waals surface area contributed by atoms with Crippen LogP contribution in [0.4, 0.5) is 10.5 Å². The molecule has 0 atom stereocenters. The zero-order chi connectivity index (χ0) is 18.2. The van der Waals surface area contributed by atoms with Gasteiger partial charge < -0.3 is 19.5 Å². The monoisotopic (exact) mass is 343 g/mol. The molecule has 0 unspecified atom stereocenters. The van der Waals surface area contributed by atoms with E-state index in [0.717, 1.165) is 0 Å². The summed E-state index contributed by atoms with van der Waals surface area (Å²) in [4.78, 5) is 35.0. The van der Waals surface area contributed by atoms with Crippen LogP contribution in [0.2, 0.25) is 0 Å². The van der Waals surface area contributed by atoms with Gasteiger partial charge in [-0.25, -0.2) is 9.59 Å². The van der Waals surface area contributed by atoms with Crippen LogP contribution in [0.5, 0.6) is 5.75 Å². The van der Waals surface area contributed by atoms with E-state index in [1.807, 2.05) is 0 Å². The van der Waals surface area contributed by atoms with Gasteiger partial charge in [0.05, 0.1) is 19.3 Å². The summed E-state index contributed by atoms with van der Waals surface area (Å²) in [6, 6.07) is 12.4. The van der Waals surface area contributed by atoms with E-state index in [-0.39, 0.29) is 18.3 Å². The normalized spacial score (nSPS) is 9.84. The second-order valence-electron chi connectivity index (χ2n) is 4.84. The zero-order valence-electron chi connectivity index (χ0n) is 13.8. The fraction of sp³-hybridized carbons (Fsp3) is 0.167. The van der Waals surface area contributed by atoms with E-state index >= 15 is 0 Å². The Morgan fingerprint density at radius 2 is 1.72 bits per heavy atom. The largest absolute Gasteiger partial charge is 0.513 e. The maximum atomic E-state index is 12.2. The molecule has 2 aromatic rings. The lowest BCUT2D eigenvalue weighted by Gasteiger charge is -2.08. The quantitative estimate of drug-likeness (QED) is 0.662. The van der Waals surface area contributed by atoms with Crippen molar-refractivity contribution in [1.29, 1.82) is 0 Å². The fourth-order valence-corrected chi connectivity index (χ4v) is 1.96. The molecule has 25 heavy (non-hydrogen) atoms. The third-order valence-electron chi connectivity index (χ3n) is 3.12. The molecule has 2 aromatic carbocycles. The molecular formula is C18H17NO6. The number of carbonyl (C=O) groups excluding carboxylic acids is 3. The van der Waals surface area contributed by atoms with E-state index in [4.69, 9.17) is 4.74 Å². The number of anilines is 1. The van der Waals surface area contributed by atoms with Crippen molar-refractivity contribution in [3.63, 3.8) is 0 Å². The number of hydrogen-bond acceptors (Lipinski definition) is 6. The average molecular weight is 343 g/mol. The predicted octanol–water partition coefficient (Wildman–Crippen LogP) is 3.26. The highest BCUT2D eigenvalue weighted by Gasteiger charge is 2.10. The summed E-state index contributed by atoms with van der Waals surface area (Å²) < 4.78 is 14.2. The third-order valence-corrected chi connectivity index (χ3v) is 3.12. The first kappa shape index (κ1) is 18.0. The van der Waals surface area contributed by atoms with Gasteiger partial charge in [0.25, 0.3) is 5.91 Å². The van der Waals surface area contributed by atoms with Gasteiger partial charge in [-0.15, -0.1) is 0 Å². The van der Waals surface area contributed by atoms with Crippen molar-refractivity contribution < 1.29 is 28.6 Å². The Morgan fingerprint density at radius 3 is 2.36 bits per heavy atom. The predicted molar refractivity (Wildman–Crippen MR) is 89.8 cm³/mol. The lowest BCUT2D eigenvalue weighted by molar-refractivity contribution is 0.0600. The molecule has 0 spiro atoms. The van der Waals surface area contributed by atoms with Gasteiger partial charge in [0.15, 0.2) is 0 Å². The summed E-state index contributed by atoms with van der Waals surface area (Å²) in [5.41, 5.74) is 1.15. The molecule has 7 heteroatoms. The summed E-state index contributed by atoms with van der Waals surface area (Å²) in [6.07, 6.45) is -0.806. The van der Waals surface area contributed by atoms with E-state index in [2.05, 4.69) is 14.8 Å². The van der Waals surface area contributed by atoms with Gasteiger partial charge in [-0.05, 0) is 49.4 Å². The summed E-state index contributed by atoms with van der Waals surface area (Å²) >= 11 is 0. The van der Waals surface area contributed by atoms with Gasteiger partial charge >= 0.3 is 12.1 Å². The summed E-state index contributed by atoms with van der Waals surface area (Å²) in [5, 5.41) is 2.68. The van der Waals surface area contributed by atoms with Gasteiger partial charge in [0, 0.05) is 11.3 Å². The van der Waals surface area contributed by atoms with E-state index in [1.54, 1.807) is 25.1 Å². The Balaban J connectivity index is 2.03. The molecule has 1 amide bonds. The van der Waals surface area contributed by atoms with E-state index in [1.165, 1.54) is 37.4 Å². The van der Waals surface area contributed by atoms with Gasteiger partial charge in [-0.2, -0.15) is 0 Å². The Labute approximate surface area is 144 Å². The maximum Gasteiger partial charge on any atom is 0.513 e. The molecule has 0 aliphatic heterocycles. The Bertz CT molecular complexity index is 769. The zero-order valence-corrected chi connectivity index (χ0v) is 13.8. The molecule has 0 fully saturated rings. The number of methoxy groups -OCH3 is 1. The first-order chi connectivity index (χ1) is 12.0. The Hall–Kier alpha value is -3.35. The minimum Gasteiger partial charge on any atom is -0.465 e. The lowest BCUT2D eigenvalue weighted by atomic mass is 10.1. The van der Waals surface area contributed by atoms with Crippen molar-refractivity contribution in [3.05, 3.63) is 59.7 Å². The first-order valence-electron chi connectivity index (χ1n) is 7.48. The van der Waals surface area contributed by atoms with Crippen molar-refractivity contribution in [3.8, 4) is 5.75 Å². The number of nitrogens with one attached hydrogen (secondary N) is 1. The number of ether oxygens (including phenoxy) is 3. The second-order valence-corrected chi connectivity index (χ2v) is 4.84. The van der Waals surface area contributed by atoms with E-state index in [9.17, 15) is 14.4 Å². The molecule has 0 bridgehead atoms. The minimum absolute atomic E-state index is 0.212. The molecule has 2 rings (SSSR count). The number of carbonyl (C=O) groups is 3. The SMILES string of the molecule is CCOC(=O)Oc1ccc(C(=O)Nc2cccc(C(=O)OC)c2)cc1. The van der Waals surface area contributed by atoms with Crippen LogP contribution >= 0.6 is 0 Å². The summed E-state index contributed by atoms with van der Waals surface area (Å²) in [6.45, 7) is 1.88. The molecule has 130 valence electrons. The van der Waals surface area contributed by atoms with Crippen LogP contribution in [0.1, 0.15) is 27.6 Å². The van der Waals surface area contributed by atoms with Crippen molar-refractivity contribution in [2.75, 3.05) is 19.0 Å². The molecule has 0 aromatic heterocycles. The topological polar surface area (TPSA) is 90.9 Å². The number of amides is 1. The average Bonchev–Trinajstić information content (AvgIpc) is 2.62. The fourth-order valence-electron chi connectivity index (χ4n) is 1.96. The van der Waals surface area contributed by atoms with Crippen LogP contribution in [0.25, 0.3) is 0 Å². The molecule has 0 saturated carbocycles. The summed E-state index contributed by atoms with van der Waals surface area (Å²) in [5.74, 6) is -0.594. The van der Waals surface area contributed by atoms with Crippen LogP contribution < -0.4 is 10.1 Å². The smallest absolute Gasteiger partial charge is 0.465 e. The van der Waals surface area contributed by atoms with Crippen LogP contribution in [0, 0.1) is 0 Å². The molecular weight excluding hydrogens is 326 g/mol. The van der Waals surface area contributed by atoms with Crippen molar-refractivity contribution in [2.24, 2.45) is 0 Å². The maximum absolute atomic E-state index is 12.2. The Morgan fingerprint density at radius 1 is 1.00 bits per heavy atom. The van der Waals surface area contributed by atoms with Crippen LogP contribution in [0.15, 0.2) is 48.5 Å².